The molecule has 6 heteroatoms. The Morgan fingerprint density at radius 2 is 2.13 bits per heavy atom. The van der Waals surface area contributed by atoms with Crippen LogP contribution in [0.4, 0.5) is 0 Å². The zero-order valence-electron chi connectivity index (χ0n) is 14.1. The number of nitrogens with one attached hydrogen (secondary N) is 1. The van der Waals surface area contributed by atoms with Gasteiger partial charge in [0.1, 0.15) is 0 Å². The highest BCUT2D eigenvalue weighted by Gasteiger charge is 2.08. The number of rotatable bonds is 6. The first-order chi connectivity index (χ1) is 10.7. The van der Waals surface area contributed by atoms with Gasteiger partial charge in [-0.3, -0.25) is 9.98 Å². The van der Waals surface area contributed by atoms with Gasteiger partial charge in [-0.1, -0.05) is 6.07 Å². The highest BCUT2D eigenvalue weighted by atomic mass is 127. The van der Waals surface area contributed by atoms with Gasteiger partial charge in [-0.15, -0.1) is 24.0 Å². The second-order valence-electron chi connectivity index (χ2n) is 5.27. The number of pyridine rings is 1. The fourth-order valence-electron chi connectivity index (χ4n) is 2.27. The van der Waals surface area contributed by atoms with Crippen molar-refractivity contribution in [2.45, 2.75) is 19.9 Å². The Morgan fingerprint density at radius 1 is 1.30 bits per heavy atom. The van der Waals surface area contributed by atoms with Crippen molar-refractivity contribution in [3.8, 4) is 0 Å². The van der Waals surface area contributed by atoms with Crippen LogP contribution in [0.3, 0.4) is 0 Å². The van der Waals surface area contributed by atoms with Crippen LogP contribution in [0.15, 0.2) is 47.7 Å². The standard InChI is InChI=1S/C17H25N5.HI/c1-4-18-17(20-12-10-15-8-5-6-11-19-15)22(3)14-16-9-7-13-21(16)2;/h5-9,11,13H,4,10,12,14H2,1-3H3,(H,18,20);1H. The Labute approximate surface area is 155 Å². The predicted molar refractivity (Wildman–Crippen MR) is 106 cm³/mol. The number of halogens is 1. The summed E-state index contributed by atoms with van der Waals surface area (Å²) in [6.07, 6.45) is 4.74. The van der Waals surface area contributed by atoms with Gasteiger partial charge in [0.25, 0.3) is 0 Å². The van der Waals surface area contributed by atoms with Crippen molar-refractivity contribution < 1.29 is 0 Å². The number of aromatic nitrogens is 2. The van der Waals surface area contributed by atoms with Crippen LogP contribution in [0.1, 0.15) is 18.3 Å². The normalized spacial score (nSPS) is 11.0. The molecule has 2 aromatic heterocycles. The number of guanidine groups is 1. The van der Waals surface area contributed by atoms with Crippen molar-refractivity contribution in [3.63, 3.8) is 0 Å². The van der Waals surface area contributed by atoms with E-state index in [1.807, 2.05) is 24.4 Å². The fraction of sp³-hybridized carbons (Fsp3) is 0.412. The van der Waals surface area contributed by atoms with Gasteiger partial charge < -0.3 is 14.8 Å². The molecule has 0 saturated heterocycles. The SMILES string of the molecule is CCNC(=NCCc1ccccn1)N(C)Cc1cccn1C.I. The third kappa shape index (κ3) is 6.21. The molecule has 23 heavy (non-hydrogen) atoms. The lowest BCUT2D eigenvalue weighted by Gasteiger charge is -2.22. The van der Waals surface area contributed by atoms with Crippen LogP contribution < -0.4 is 5.32 Å². The van der Waals surface area contributed by atoms with Gasteiger partial charge in [0, 0.05) is 57.4 Å². The van der Waals surface area contributed by atoms with Crippen molar-refractivity contribution in [1.29, 1.82) is 0 Å². The van der Waals surface area contributed by atoms with Crippen LogP contribution in [-0.4, -0.2) is 40.5 Å². The second-order valence-corrected chi connectivity index (χ2v) is 5.27. The maximum atomic E-state index is 4.70. The Hall–Kier alpha value is -1.57. The third-order valence-electron chi connectivity index (χ3n) is 3.50. The highest BCUT2D eigenvalue weighted by molar-refractivity contribution is 14.0. The average Bonchev–Trinajstić information content (AvgIpc) is 2.92. The van der Waals surface area contributed by atoms with Gasteiger partial charge in [0.05, 0.1) is 6.54 Å². The molecule has 0 amide bonds. The van der Waals surface area contributed by atoms with E-state index in [1.54, 1.807) is 0 Å². The highest BCUT2D eigenvalue weighted by Crippen LogP contribution is 2.04. The molecule has 126 valence electrons. The Balaban J connectivity index is 0.00000264. The van der Waals surface area contributed by atoms with Crippen LogP contribution in [0.2, 0.25) is 0 Å². The molecule has 2 aromatic rings. The number of aryl methyl sites for hydroxylation is 1. The van der Waals surface area contributed by atoms with Gasteiger partial charge in [-0.25, -0.2) is 0 Å². The summed E-state index contributed by atoms with van der Waals surface area (Å²) in [5, 5.41) is 3.35. The minimum absolute atomic E-state index is 0. The molecule has 0 bridgehead atoms. The molecule has 0 saturated carbocycles. The Bertz CT molecular complexity index is 594. The molecule has 5 nitrogen and oxygen atoms in total. The molecule has 0 aromatic carbocycles. The van der Waals surface area contributed by atoms with Crippen LogP contribution in [0.5, 0.6) is 0 Å². The molecule has 0 fully saturated rings. The maximum Gasteiger partial charge on any atom is 0.194 e. The summed E-state index contributed by atoms with van der Waals surface area (Å²) in [6.45, 7) is 4.51. The quantitative estimate of drug-likeness (QED) is 0.438. The third-order valence-corrected chi connectivity index (χ3v) is 3.50. The van der Waals surface area contributed by atoms with E-state index < -0.39 is 0 Å². The minimum atomic E-state index is 0. The first-order valence-corrected chi connectivity index (χ1v) is 7.70. The van der Waals surface area contributed by atoms with E-state index in [1.165, 1.54) is 5.69 Å². The zero-order chi connectivity index (χ0) is 15.8. The summed E-state index contributed by atoms with van der Waals surface area (Å²) >= 11 is 0. The summed E-state index contributed by atoms with van der Waals surface area (Å²) in [6, 6.07) is 10.2. The summed E-state index contributed by atoms with van der Waals surface area (Å²) in [5.74, 6) is 0.930. The molecule has 2 heterocycles. The molecule has 0 aliphatic heterocycles. The van der Waals surface area contributed by atoms with E-state index in [9.17, 15) is 0 Å². The lowest BCUT2D eigenvalue weighted by atomic mass is 10.3. The largest absolute Gasteiger partial charge is 0.357 e. The van der Waals surface area contributed by atoms with E-state index in [2.05, 4.69) is 59.1 Å². The van der Waals surface area contributed by atoms with Gasteiger partial charge in [0.2, 0.25) is 0 Å². The molecule has 2 rings (SSSR count). The van der Waals surface area contributed by atoms with Crippen molar-refractivity contribution in [2.24, 2.45) is 12.0 Å². The number of aliphatic imine (C=N–C) groups is 1. The van der Waals surface area contributed by atoms with Crippen molar-refractivity contribution >= 4 is 29.9 Å². The number of nitrogens with zero attached hydrogens (tertiary/aromatic N) is 4. The van der Waals surface area contributed by atoms with Crippen molar-refractivity contribution in [2.75, 3.05) is 20.1 Å². The van der Waals surface area contributed by atoms with E-state index in [4.69, 9.17) is 4.99 Å². The topological polar surface area (TPSA) is 45.5 Å². The lowest BCUT2D eigenvalue weighted by molar-refractivity contribution is 0.462. The molecule has 0 radical (unpaired) electrons. The maximum absolute atomic E-state index is 4.70. The van der Waals surface area contributed by atoms with Crippen LogP contribution in [0.25, 0.3) is 0 Å². The average molecular weight is 427 g/mol. The fourth-order valence-corrected chi connectivity index (χ4v) is 2.27. The molecule has 0 aliphatic rings. The summed E-state index contributed by atoms with van der Waals surface area (Å²) in [4.78, 5) is 11.2. The van der Waals surface area contributed by atoms with Gasteiger partial charge in [-0.2, -0.15) is 0 Å². The minimum Gasteiger partial charge on any atom is -0.357 e. The van der Waals surface area contributed by atoms with Gasteiger partial charge in [-0.05, 0) is 31.2 Å². The van der Waals surface area contributed by atoms with Gasteiger partial charge >= 0.3 is 0 Å². The predicted octanol–water partition coefficient (Wildman–Crippen LogP) is 2.68. The molecular formula is C17H26IN5. The number of hydrogen-bond donors (Lipinski definition) is 1. The Morgan fingerprint density at radius 3 is 2.74 bits per heavy atom. The molecule has 0 aliphatic carbocycles. The Kier molecular flexibility index (Phi) is 8.68. The smallest absolute Gasteiger partial charge is 0.194 e. The second kappa shape index (κ2) is 10.3. The van der Waals surface area contributed by atoms with Crippen LogP contribution in [-0.2, 0) is 20.0 Å². The molecule has 0 atom stereocenters. The first-order valence-electron chi connectivity index (χ1n) is 7.70. The molecule has 0 unspecified atom stereocenters. The van der Waals surface area contributed by atoms with E-state index in [-0.39, 0.29) is 24.0 Å². The van der Waals surface area contributed by atoms with Crippen LogP contribution in [0, 0.1) is 0 Å². The number of hydrogen-bond acceptors (Lipinski definition) is 2. The first kappa shape index (κ1) is 19.5. The zero-order valence-corrected chi connectivity index (χ0v) is 16.4. The van der Waals surface area contributed by atoms with E-state index >= 15 is 0 Å². The summed E-state index contributed by atoms with van der Waals surface area (Å²) < 4.78 is 2.13. The monoisotopic (exact) mass is 427 g/mol. The van der Waals surface area contributed by atoms with Crippen LogP contribution >= 0.6 is 24.0 Å². The van der Waals surface area contributed by atoms with E-state index in [0.717, 1.165) is 37.7 Å². The van der Waals surface area contributed by atoms with Gasteiger partial charge in [0.15, 0.2) is 5.96 Å². The van der Waals surface area contributed by atoms with E-state index in [0.29, 0.717) is 0 Å². The lowest BCUT2D eigenvalue weighted by Crippen LogP contribution is -2.39. The van der Waals surface area contributed by atoms with Crippen molar-refractivity contribution in [3.05, 3.63) is 54.1 Å². The van der Waals surface area contributed by atoms with Crippen molar-refractivity contribution in [1.82, 2.24) is 19.8 Å². The summed E-state index contributed by atoms with van der Waals surface area (Å²) in [7, 11) is 4.13. The molecule has 0 spiro atoms. The molecular weight excluding hydrogens is 401 g/mol. The molecule has 1 N–H and O–H groups in total. The summed E-state index contributed by atoms with van der Waals surface area (Å²) in [5.41, 5.74) is 2.34.